The molecule has 2 nitrogen and oxygen atoms in total. The molecule has 0 aromatic heterocycles. The van der Waals surface area contributed by atoms with Crippen LogP contribution in [0.3, 0.4) is 0 Å². The fourth-order valence-electron chi connectivity index (χ4n) is 0.623. The summed E-state index contributed by atoms with van der Waals surface area (Å²) in [7, 11) is 0. The van der Waals surface area contributed by atoms with Crippen molar-refractivity contribution in [3.05, 3.63) is 0 Å². The second-order valence-corrected chi connectivity index (χ2v) is 2.75. The van der Waals surface area contributed by atoms with Gasteiger partial charge in [0.1, 0.15) is 11.6 Å². The highest BCUT2D eigenvalue weighted by molar-refractivity contribution is 5.79. The quantitative estimate of drug-likeness (QED) is 0.653. The van der Waals surface area contributed by atoms with Gasteiger partial charge in [-0.1, -0.05) is 20.8 Å². The van der Waals surface area contributed by atoms with Gasteiger partial charge in [-0.25, -0.2) is 0 Å². The third kappa shape index (κ3) is 9.34. The molecule has 0 heterocycles. The lowest BCUT2D eigenvalue weighted by atomic mass is 10.0. The first kappa shape index (κ1) is 13.9. The van der Waals surface area contributed by atoms with Crippen molar-refractivity contribution in [3.8, 4) is 0 Å². The monoisotopic (exact) mass is 172 g/mol. The highest BCUT2D eigenvalue weighted by atomic mass is 16.1. The maximum Gasteiger partial charge on any atom is 0.132 e. The molecule has 0 aromatic carbocycles. The summed E-state index contributed by atoms with van der Waals surface area (Å²) in [5.41, 5.74) is 0. The minimum absolute atomic E-state index is 0.0453. The third-order valence-corrected chi connectivity index (χ3v) is 1.62. The number of hydrogen-bond donors (Lipinski definition) is 0. The number of carbonyl (C=O) groups is 2. The predicted octanol–water partition coefficient (Wildman–Crippen LogP) is 2.61. The highest BCUT2D eigenvalue weighted by Crippen LogP contribution is 2.06. The zero-order chi connectivity index (χ0) is 10.1. The van der Waals surface area contributed by atoms with Gasteiger partial charge in [0, 0.05) is 12.3 Å². The van der Waals surface area contributed by atoms with Crippen LogP contribution >= 0.6 is 0 Å². The van der Waals surface area contributed by atoms with Crippen LogP contribution in [0, 0.1) is 5.92 Å². The molecule has 0 spiro atoms. The normalized spacial score (nSPS) is 11.1. The van der Waals surface area contributed by atoms with E-state index in [0.717, 1.165) is 0 Å². The summed E-state index contributed by atoms with van der Waals surface area (Å²) in [5.74, 6) is 0.373. The smallest absolute Gasteiger partial charge is 0.132 e. The largest absolute Gasteiger partial charge is 0.300 e. The van der Waals surface area contributed by atoms with E-state index >= 15 is 0 Å². The molecule has 0 fully saturated rings. The molecule has 0 aliphatic heterocycles. The lowest BCUT2D eigenvalue weighted by molar-refractivity contribution is -0.121. The van der Waals surface area contributed by atoms with Gasteiger partial charge in [0.2, 0.25) is 0 Å². The minimum atomic E-state index is 0.0453. The maximum absolute atomic E-state index is 10.6. The molecule has 0 radical (unpaired) electrons. The van der Waals surface area contributed by atoms with Crippen molar-refractivity contribution in [2.45, 2.75) is 47.5 Å². The van der Waals surface area contributed by atoms with E-state index in [9.17, 15) is 9.59 Å². The molecular weight excluding hydrogens is 152 g/mol. The van der Waals surface area contributed by atoms with Crippen LogP contribution in [-0.2, 0) is 9.59 Å². The highest BCUT2D eigenvalue weighted by Gasteiger charge is 2.07. The molecule has 0 rings (SSSR count). The van der Waals surface area contributed by atoms with Gasteiger partial charge in [-0.3, -0.25) is 4.79 Å². The first-order valence-electron chi connectivity index (χ1n) is 4.54. The topological polar surface area (TPSA) is 34.1 Å². The van der Waals surface area contributed by atoms with Crippen molar-refractivity contribution in [1.29, 1.82) is 0 Å². The second kappa shape index (κ2) is 8.44. The molecule has 72 valence electrons. The van der Waals surface area contributed by atoms with E-state index in [1.807, 2.05) is 20.8 Å². The first-order chi connectivity index (χ1) is 5.54. The Balaban J connectivity index is 0. The lowest BCUT2D eigenvalue weighted by Gasteiger charge is -2.03. The zero-order valence-corrected chi connectivity index (χ0v) is 8.81. The van der Waals surface area contributed by atoms with Gasteiger partial charge in [0.25, 0.3) is 0 Å². The van der Waals surface area contributed by atoms with E-state index in [1.165, 1.54) is 0 Å². The van der Waals surface area contributed by atoms with Crippen LogP contribution in [0.4, 0.5) is 0 Å². The maximum atomic E-state index is 10.6. The van der Waals surface area contributed by atoms with E-state index < -0.39 is 0 Å². The number of ketones is 2. The summed E-state index contributed by atoms with van der Waals surface area (Å²) in [6.07, 6.45) is 1.23. The molecule has 0 saturated heterocycles. The molecule has 0 aliphatic rings. The van der Waals surface area contributed by atoms with Gasteiger partial charge >= 0.3 is 0 Å². The Morgan fingerprint density at radius 3 is 1.83 bits per heavy atom. The Labute approximate surface area is 75.4 Å². The van der Waals surface area contributed by atoms with Gasteiger partial charge in [-0.15, -0.1) is 0 Å². The molecule has 2 heteroatoms. The number of Topliss-reactive ketones (excluding diaryl/α,β-unsaturated/α-hetero) is 2. The van der Waals surface area contributed by atoms with E-state index in [1.54, 1.807) is 13.8 Å². The molecule has 0 bridgehead atoms. The number of hydrogen-bond acceptors (Lipinski definition) is 2. The van der Waals surface area contributed by atoms with Crippen LogP contribution in [-0.4, -0.2) is 11.6 Å². The molecule has 0 amide bonds. The van der Waals surface area contributed by atoms with E-state index in [2.05, 4.69) is 0 Å². The summed E-state index contributed by atoms with van der Waals surface area (Å²) in [5, 5.41) is 0. The van der Waals surface area contributed by atoms with Crippen LogP contribution in [0.1, 0.15) is 47.5 Å². The molecule has 0 aromatic rings. The van der Waals surface area contributed by atoms with Crippen molar-refractivity contribution < 1.29 is 9.59 Å². The molecule has 0 saturated carbocycles. The fraction of sp³-hybridized carbons (Fsp3) is 0.800. The molecule has 1 unspecified atom stereocenters. The van der Waals surface area contributed by atoms with Crippen LogP contribution in [0.5, 0.6) is 0 Å². The second-order valence-electron chi connectivity index (χ2n) is 2.75. The third-order valence-electron chi connectivity index (χ3n) is 1.62. The Morgan fingerprint density at radius 1 is 1.17 bits per heavy atom. The van der Waals surface area contributed by atoms with Crippen LogP contribution in [0.25, 0.3) is 0 Å². The fourth-order valence-corrected chi connectivity index (χ4v) is 0.623. The Hall–Kier alpha value is -0.660. The van der Waals surface area contributed by atoms with Crippen molar-refractivity contribution in [2.24, 2.45) is 5.92 Å². The van der Waals surface area contributed by atoms with Gasteiger partial charge in [-0.2, -0.15) is 0 Å². The van der Waals surface area contributed by atoms with Crippen LogP contribution < -0.4 is 0 Å². The van der Waals surface area contributed by atoms with Crippen LogP contribution in [0.15, 0.2) is 0 Å². The van der Waals surface area contributed by atoms with Gasteiger partial charge < -0.3 is 4.79 Å². The zero-order valence-electron chi connectivity index (χ0n) is 8.81. The van der Waals surface area contributed by atoms with Crippen molar-refractivity contribution >= 4 is 11.6 Å². The van der Waals surface area contributed by atoms with E-state index in [0.29, 0.717) is 12.8 Å². The van der Waals surface area contributed by atoms with Crippen LogP contribution in [0.2, 0.25) is 0 Å². The van der Waals surface area contributed by atoms with Gasteiger partial charge in [0.05, 0.1) is 0 Å². The number of carbonyl (C=O) groups excluding carboxylic acids is 2. The van der Waals surface area contributed by atoms with E-state index in [-0.39, 0.29) is 17.5 Å². The predicted molar refractivity (Wildman–Crippen MR) is 51.1 cm³/mol. The van der Waals surface area contributed by atoms with Crippen molar-refractivity contribution in [1.82, 2.24) is 0 Å². The molecular formula is C10H20O2. The minimum Gasteiger partial charge on any atom is -0.300 e. The lowest BCUT2D eigenvalue weighted by Crippen LogP contribution is -2.07. The van der Waals surface area contributed by atoms with Gasteiger partial charge in [-0.05, 0) is 20.3 Å². The summed E-state index contributed by atoms with van der Waals surface area (Å²) in [4.78, 5) is 21.1. The molecule has 1 atom stereocenters. The average Bonchev–Trinajstić information content (AvgIpc) is 2.03. The Bertz CT molecular complexity index is 139. The molecule has 12 heavy (non-hydrogen) atoms. The first-order valence-corrected chi connectivity index (χ1v) is 4.54. The Kier molecular flexibility index (Phi) is 9.77. The standard InChI is InChI=1S/C8H14O2.C2H6/c1-6(8(3)10)4-5-7(2)9;1-2/h6H,4-5H2,1-3H3;1-2H3. The van der Waals surface area contributed by atoms with Crippen molar-refractivity contribution in [2.75, 3.05) is 0 Å². The summed E-state index contributed by atoms with van der Waals surface area (Å²) < 4.78 is 0. The van der Waals surface area contributed by atoms with Crippen molar-refractivity contribution in [3.63, 3.8) is 0 Å². The SMILES string of the molecule is CC.CC(=O)CCC(C)C(C)=O. The Morgan fingerprint density at radius 2 is 1.58 bits per heavy atom. The molecule has 0 aliphatic carbocycles. The summed E-state index contributed by atoms with van der Waals surface area (Å²) in [6, 6.07) is 0. The van der Waals surface area contributed by atoms with Gasteiger partial charge in [0.15, 0.2) is 0 Å². The average molecular weight is 172 g/mol. The summed E-state index contributed by atoms with van der Waals surface area (Å²) >= 11 is 0. The number of rotatable bonds is 4. The molecule has 0 N–H and O–H groups in total. The summed E-state index contributed by atoms with van der Waals surface area (Å²) in [6.45, 7) is 8.96. The van der Waals surface area contributed by atoms with E-state index in [4.69, 9.17) is 0 Å².